The average molecular weight is 1710 g/mol. The van der Waals surface area contributed by atoms with Gasteiger partial charge in [-0.25, -0.2) is 54.0 Å². The minimum absolute atomic E-state index is 0. The number of nitrogens with zero attached hydrogens (tertiary/aromatic N) is 11. The smallest absolute Gasteiger partial charge is 0.392 e. The summed E-state index contributed by atoms with van der Waals surface area (Å²) >= 11 is 5.20. The average Bonchev–Trinajstić information content (AvgIpc) is 1.69. The van der Waals surface area contributed by atoms with Gasteiger partial charge in [0.1, 0.15) is 29.1 Å². The zero-order valence-electron chi connectivity index (χ0n) is 69.7. The Balaban J connectivity index is 0.00000124. The van der Waals surface area contributed by atoms with Crippen molar-refractivity contribution in [1.29, 1.82) is 0 Å². The van der Waals surface area contributed by atoms with Gasteiger partial charge in [-0.05, 0) is 56.8 Å². The number of tetrazole rings is 1. The van der Waals surface area contributed by atoms with E-state index in [1.54, 1.807) is 0 Å². The summed E-state index contributed by atoms with van der Waals surface area (Å²) in [4.78, 5) is 145. The van der Waals surface area contributed by atoms with E-state index in [9.17, 15) is 56.9 Å². The van der Waals surface area contributed by atoms with Crippen molar-refractivity contribution in [2.75, 3.05) is 0 Å². The molecule has 116 heavy (non-hydrogen) atoms. The Hall–Kier alpha value is -10.9. The third kappa shape index (κ3) is 42.4. The lowest BCUT2D eigenvalue weighted by molar-refractivity contribution is -0.120. The summed E-state index contributed by atoms with van der Waals surface area (Å²) in [5.74, 6) is 7.06. The van der Waals surface area contributed by atoms with Crippen LogP contribution in [0.5, 0.6) is 0 Å². The molecule has 4 amide bonds. The van der Waals surface area contributed by atoms with Gasteiger partial charge in [0.15, 0.2) is 11.6 Å². The van der Waals surface area contributed by atoms with E-state index in [1.165, 1.54) is 29.6 Å². The van der Waals surface area contributed by atoms with E-state index in [0.29, 0.717) is 58.5 Å². The van der Waals surface area contributed by atoms with Crippen LogP contribution in [0.2, 0.25) is 0 Å². The lowest BCUT2D eigenvalue weighted by Gasteiger charge is -2.27. The van der Waals surface area contributed by atoms with Gasteiger partial charge in [-0.1, -0.05) is 196 Å². The number of hydrogen-bond acceptors (Lipinski definition) is 31. The highest BCUT2D eigenvalue weighted by Gasteiger charge is 2.40. The van der Waals surface area contributed by atoms with Gasteiger partial charge >= 0.3 is 49.9 Å². The molecule has 9 aromatic heterocycles. The zero-order valence-corrected chi connectivity index (χ0v) is 73.0. The SMILES string of the molecule is C.C=C1NC(=O)N(C(C)(C)C)O1.CC(C)(C)C1SC(=O)NC1=O.CC(C)(C)c1cc(=O)[nH]o1.CC(C)C1=NS(=O)ON1.CC(C)c1cc(=O)[nH]c(=O)[nH]1.CC(C)c1cc(=O)[nH]cn1.CC(C)c1n[nH]c(=O)[nH]1.CC(C)c1n[nH]c(=O)o1.CC(C)c1nc(=S)o[nH]1.CC(C)c1nn[nH]n1.CC(C)c1noc(=O)[nH]1.CC(C)c1nsc(=O)[nH]1. The molecule has 12 rings (SSSR count). The van der Waals surface area contributed by atoms with Crippen LogP contribution in [-0.4, -0.2) is 144 Å². The molecular formula is C69H115N25O18S4. The third-order valence-electron chi connectivity index (χ3n) is 13.5. The molecule has 3 aliphatic heterocycles. The topological polar surface area (TPSA) is 617 Å². The summed E-state index contributed by atoms with van der Waals surface area (Å²) in [6.45, 7) is 56.2. The fourth-order valence-corrected chi connectivity index (χ4v) is 9.43. The Morgan fingerprint density at radius 1 is 0.595 bits per heavy atom. The van der Waals surface area contributed by atoms with E-state index in [4.69, 9.17) is 13.9 Å². The van der Waals surface area contributed by atoms with Crippen LogP contribution in [0, 0.1) is 16.2 Å². The van der Waals surface area contributed by atoms with Gasteiger partial charge in [0.25, 0.3) is 21.9 Å². The normalized spacial score (nSPS) is 13.9. The maximum Gasteiger partial charge on any atom is 0.438 e. The number of urea groups is 1. The van der Waals surface area contributed by atoms with Crippen molar-refractivity contribution in [3.8, 4) is 0 Å². The molecule has 43 nitrogen and oxygen atoms in total. The molecular weight excluding hydrogens is 1600 g/mol. The predicted octanol–water partition coefficient (Wildman–Crippen LogP) is 10.1. The van der Waals surface area contributed by atoms with Crippen LogP contribution in [0.3, 0.4) is 0 Å². The van der Waals surface area contributed by atoms with Crippen LogP contribution in [0.1, 0.15) is 294 Å². The van der Waals surface area contributed by atoms with Crippen molar-refractivity contribution in [2.24, 2.45) is 15.7 Å². The van der Waals surface area contributed by atoms with Crippen LogP contribution < -0.4 is 60.6 Å². The van der Waals surface area contributed by atoms with Crippen molar-refractivity contribution in [3.63, 3.8) is 0 Å². The van der Waals surface area contributed by atoms with E-state index >= 15 is 0 Å². The number of hydrogen-bond donors (Lipinski definition) is 14. The maximum atomic E-state index is 11.1. The van der Waals surface area contributed by atoms with Crippen LogP contribution in [-0.2, 0) is 30.6 Å². The van der Waals surface area contributed by atoms with Gasteiger partial charge in [0, 0.05) is 82.3 Å². The standard InChI is InChI=1S/C7H12N2O2.C7H10N2O2.C7H10N2O.C7H11NO2S.C7H11NO2.C5H9N3O.2C5H8N2O2.2C5H8N2OS.C4H8N4.C4H8N2O2S.CH4/c1-5-8-6(10)9(11-5)7(2,3)4;1-4(2)5-3-6(10)9-7(11)8-5;1-5(2)6-3-7(10)9-4-8-6;1-7(2,3)4-5(9)8-6(10)11-4;1-7(2,3)5-4-6(9)8-10-5;1-3(2)4-6-5(9)8-7-4;1-3(2)4-6-7-5(8)9-4;2*1-3(2)4-6-5(8)9-7-4;1-3(2)4-6-5(9)8-7-4;1-3(2)4-5-7-8-6-4;1-3(2)4-5-8-9(7)6-4;/h1H2,2-4H3,(H,8,10);3-4H,1-2H3,(H2,8,9,10,11);3-5H,1-2H3,(H,8,9,10);4H,1-3H3,(H,8,9,10);4H,1-3H3,(H,8,9);3H,1-2H3,(H2,6,7,8,9);3H,1-2H3,(H,7,8);2*3H,1-2H3,(H,6,7,8);3H,1-2H3,(H,6,7,9);3H,1-2H3,(H,5,6,7,8);3H,1-2H3,(H,5,6);1H4. The molecule has 2 fully saturated rings. The molecule has 2 atom stereocenters. The highest BCUT2D eigenvalue weighted by atomic mass is 32.2. The number of hydroxylamine groups is 3. The van der Waals surface area contributed by atoms with Crippen LogP contribution in [0.4, 0.5) is 9.59 Å². The number of aromatic nitrogens is 20. The van der Waals surface area contributed by atoms with Gasteiger partial charge in [-0.3, -0.25) is 63.9 Å². The number of amidine groups is 1. The van der Waals surface area contributed by atoms with E-state index in [1.807, 2.05) is 187 Å². The fourth-order valence-electron chi connectivity index (χ4n) is 7.21. The summed E-state index contributed by atoms with van der Waals surface area (Å²) < 4.78 is 40.9. The fraction of sp³-hybridized carbons (Fsp3) is 0.594. The third-order valence-corrected chi connectivity index (χ3v) is 16.3. The second kappa shape index (κ2) is 50.4. The molecule has 0 aliphatic carbocycles. The number of amides is 4. The number of aromatic amines is 11. The summed E-state index contributed by atoms with van der Waals surface area (Å²) in [6, 6.07) is 4.12. The number of rotatable bonds is 9. The molecule has 0 radical (unpaired) electrons. The largest absolute Gasteiger partial charge is 0.438 e. The minimum atomic E-state index is -1.50. The minimum Gasteiger partial charge on any atom is -0.392 e. The Bertz CT molecular complexity index is 4610. The van der Waals surface area contributed by atoms with Gasteiger partial charge < -0.3 is 28.3 Å². The number of nitrogens with one attached hydrogen (secondary N) is 14. The molecule has 0 spiro atoms. The van der Waals surface area contributed by atoms with E-state index < -0.39 is 28.5 Å². The summed E-state index contributed by atoms with van der Waals surface area (Å²) in [7, 11) is 0. The monoisotopic (exact) mass is 1710 g/mol. The molecule has 47 heteroatoms. The van der Waals surface area contributed by atoms with E-state index in [2.05, 4.69) is 153 Å². The van der Waals surface area contributed by atoms with E-state index in [-0.39, 0.29) is 114 Å². The van der Waals surface area contributed by atoms with Gasteiger partial charge in [0.2, 0.25) is 17.7 Å². The number of carbonyl (C=O) groups excluding carboxylic acids is 3. The lowest BCUT2D eigenvalue weighted by atomic mass is 9.91. The molecule has 0 bridgehead atoms. The Kier molecular flexibility index (Phi) is 45.7. The number of imide groups is 1. The van der Waals surface area contributed by atoms with E-state index in [0.717, 1.165) is 46.5 Å². The van der Waals surface area contributed by atoms with Crippen LogP contribution in [0.15, 0.2) is 97.7 Å². The van der Waals surface area contributed by atoms with Crippen molar-refractivity contribution >= 4 is 69.8 Å². The first-order chi connectivity index (χ1) is 53.1. The summed E-state index contributed by atoms with van der Waals surface area (Å²) in [5.41, 5.74) is 2.12. The van der Waals surface area contributed by atoms with Gasteiger partial charge in [0.05, 0.1) is 22.8 Å². The number of carbonyl (C=O) groups is 3. The predicted molar refractivity (Wildman–Crippen MR) is 441 cm³/mol. The van der Waals surface area contributed by atoms with Crippen molar-refractivity contribution in [3.05, 3.63) is 177 Å². The summed E-state index contributed by atoms with van der Waals surface area (Å²) in [6.07, 6.45) is 1.43. The first-order valence-electron chi connectivity index (χ1n) is 35.7. The first kappa shape index (κ1) is 105. The second-order valence-electron chi connectivity index (χ2n) is 30.2. The number of H-pyrrole nitrogens is 11. The molecule has 0 aromatic carbocycles. The molecule has 648 valence electrons. The van der Waals surface area contributed by atoms with Crippen LogP contribution >= 0.6 is 35.5 Å². The Morgan fingerprint density at radius 2 is 1.21 bits per heavy atom. The Morgan fingerprint density at radius 3 is 1.46 bits per heavy atom. The van der Waals surface area contributed by atoms with Crippen molar-refractivity contribution in [1.82, 2.24) is 122 Å². The van der Waals surface area contributed by atoms with Crippen molar-refractivity contribution < 1.29 is 45.7 Å². The highest BCUT2D eigenvalue weighted by Crippen LogP contribution is 2.34. The van der Waals surface area contributed by atoms with Crippen molar-refractivity contribution in [2.45, 2.75) is 258 Å². The summed E-state index contributed by atoms with van der Waals surface area (Å²) in [5, 5.41) is 39.0. The molecule has 9 aromatic rings. The Labute approximate surface area is 684 Å². The molecule has 14 N–H and O–H groups in total. The first-order valence-corrected chi connectivity index (χ1v) is 38.8. The second-order valence-corrected chi connectivity index (χ2v) is 33.2. The lowest BCUT2D eigenvalue weighted by Crippen LogP contribution is -2.42. The molecule has 2 unspecified atom stereocenters. The molecule has 12 heterocycles. The maximum absolute atomic E-state index is 11.1. The molecule has 0 saturated carbocycles. The zero-order chi connectivity index (χ0) is 88.2. The highest BCUT2D eigenvalue weighted by molar-refractivity contribution is 8.15. The molecule has 3 aliphatic rings. The quantitative estimate of drug-likeness (QED) is 0.0597. The molecule has 2 saturated heterocycles. The van der Waals surface area contributed by atoms with Gasteiger partial charge in [-0.2, -0.15) is 29.1 Å². The number of thioether (sulfide) groups is 1. The van der Waals surface area contributed by atoms with Gasteiger partial charge in [-0.15, -0.1) is 24.8 Å². The van der Waals surface area contributed by atoms with Crippen LogP contribution in [0.25, 0.3) is 0 Å².